The summed E-state index contributed by atoms with van der Waals surface area (Å²) >= 11 is 1.33. The van der Waals surface area contributed by atoms with E-state index in [9.17, 15) is 4.79 Å². The Kier molecular flexibility index (Phi) is 3.60. The van der Waals surface area contributed by atoms with Gasteiger partial charge in [-0.05, 0) is 24.3 Å². The molecule has 1 aliphatic rings. The predicted octanol–water partition coefficient (Wildman–Crippen LogP) is 1.89. The van der Waals surface area contributed by atoms with E-state index < -0.39 is 0 Å². The van der Waals surface area contributed by atoms with Gasteiger partial charge in [0.05, 0.1) is 13.7 Å². The van der Waals surface area contributed by atoms with Gasteiger partial charge in [-0.3, -0.25) is 9.89 Å². The highest BCUT2D eigenvalue weighted by Crippen LogP contribution is 2.28. The first kappa shape index (κ1) is 13.0. The summed E-state index contributed by atoms with van der Waals surface area (Å²) in [5.74, 6) is 1.27. The highest BCUT2D eigenvalue weighted by molar-refractivity contribution is 8.00. The van der Waals surface area contributed by atoms with Crippen LogP contribution in [0.1, 0.15) is 6.42 Å². The maximum Gasteiger partial charge on any atom is 0.319 e. The van der Waals surface area contributed by atoms with E-state index in [1.54, 1.807) is 7.11 Å². The molecule has 1 aliphatic heterocycles. The number of esters is 1. The summed E-state index contributed by atoms with van der Waals surface area (Å²) in [6, 6.07) is 7.52. The maximum absolute atomic E-state index is 11.4. The normalized spacial score (nSPS) is 18.1. The number of methoxy groups -OCH3 is 1. The molecule has 1 saturated heterocycles. The molecular weight excluding hydrogens is 278 g/mol. The molecule has 2 heterocycles. The van der Waals surface area contributed by atoms with E-state index >= 15 is 0 Å². The number of H-pyrrole nitrogens is 1. The third kappa shape index (κ3) is 2.62. The first-order valence-electron chi connectivity index (χ1n) is 6.16. The highest BCUT2D eigenvalue weighted by atomic mass is 32.2. The molecule has 6 nitrogen and oxygen atoms in total. The molecule has 1 N–H and O–H groups in total. The lowest BCUT2D eigenvalue weighted by atomic mass is 10.2. The van der Waals surface area contributed by atoms with Gasteiger partial charge in [-0.2, -0.15) is 0 Å². The Hall–Kier alpha value is -2.02. The van der Waals surface area contributed by atoms with Gasteiger partial charge in [-0.1, -0.05) is 11.8 Å². The molecule has 1 aromatic heterocycles. The summed E-state index contributed by atoms with van der Waals surface area (Å²) in [7, 11) is 1.62. The van der Waals surface area contributed by atoms with E-state index in [0.29, 0.717) is 24.0 Å². The molecule has 1 atom stereocenters. The molecule has 3 rings (SSSR count). The van der Waals surface area contributed by atoms with Gasteiger partial charge in [0.25, 0.3) is 0 Å². The summed E-state index contributed by atoms with van der Waals surface area (Å²) in [5, 5.41) is 7.35. The number of hydrogen-bond acceptors (Lipinski definition) is 6. The Bertz CT molecular complexity index is 612. The van der Waals surface area contributed by atoms with Gasteiger partial charge in [0.1, 0.15) is 11.0 Å². The second-order valence-corrected chi connectivity index (χ2v) is 5.43. The molecule has 20 heavy (non-hydrogen) atoms. The van der Waals surface area contributed by atoms with Crippen LogP contribution in [0.2, 0.25) is 0 Å². The zero-order valence-corrected chi connectivity index (χ0v) is 11.6. The minimum Gasteiger partial charge on any atom is -0.497 e. The number of cyclic esters (lactones) is 1. The van der Waals surface area contributed by atoms with Gasteiger partial charge in [-0.15, -0.1) is 5.10 Å². The fraction of sp³-hybridized carbons (Fsp3) is 0.308. The van der Waals surface area contributed by atoms with Crippen molar-refractivity contribution in [3.05, 3.63) is 24.3 Å². The van der Waals surface area contributed by atoms with Crippen molar-refractivity contribution in [2.75, 3.05) is 13.7 Å². The fourth-order valence-electron chi connectivity index (χ4n) is 1.89. The molecule has 7 heteroatoms. The van der Waals surface area contributed by atoms with Crippen molar-refractivity contribution in [2.45, 2.75) is 16.8 Å². The average Bonchev–Trinajstić information content (AvgIpc) is 3.10. The Balaban J connectivity index is 1.73. The van der Waals surface area contributed by atoms with Gasteiger partial charge in [0, 0.05) is 12.0 Å². The Morgan fingerprint density at radius 1 is 1.40 bits per heavy atom. The van der Waals surface area contributed by atoms with Crippen LogP contribution < -0.4 is 4.74 Å². The number of aromatic nitrogens is 3. The minimum atomic E-state index is -0.200. The van der Waals surface area contributed by atoms with Gasteiger partial charge < -0.3 is 9.47 Å². The van der Waals surface area contributed by atoms with Crippen molar-refractivity contribution >= 4 is 17.7 Å². The lowest BCUT2D eigenvalue weighted by molar-refractivity contribution is -0.137. The quantitative estimate of drug-likeness (QED) is 0.867. The molecule has 104 valence electrons. The monoisotopic (exact) mass is 291 g/mol. The molecule has 1 aromatic carbocycles. The van der Waals surface area contributed by atoms with Crippen LogP contribution in [0.15, 0.2) is 29.4 Å². The third-order valence-corrected chi connectivity index (χ3v) is 4.07. The molecule has 2 aromatic rings. The van der Waals surface area contributed by atoms with Gasteiger partial charge in [-0.25, -0.2) is 4.98 Å². The zero-order valence-electron chi connectivity index (χ0n) is 10.8. The van der Waals surface area contributed by atoms with Gasteiger partial charge in [0.2, 0.25) is 5.16 Å². The van der Waals surface area contributed by atoms with Crippen LogP contribution in [-0.2, 0) is 9.53 Å². The molecule has 0 bridgehead atoms. The van der Waals surface area contributed by atoms with Crippen LogP contribution >= 0.6 is 11.8 Å². The zero-order chi connectivity index (χ0) is 13.9. The smallest absolute Gasteiger partial charge is 0.319 e. The Labute approximate surface area is 119 Å². The van der Waals surface area contributed by atoms with Crippen molar-refractivity contribution in [1.82, 2.24) is 15.2 Å². The van der Waals surface area contributed by atoms with Crippen LogP contribution in [0.4, 0.5) is 0 Å². The number of thioether (sulfide) groups is 1. The molecule has 0 radical (unpaired) electrons. The number of nitrogens with zero attached hydrogens (tertiary/aromatic N) is 2. The summed E-state index contributed by atoms with van der Waals surface area (Å²) in [4.78, 5) is 15.8. The SMILES string of the molecule is COc1ccc(-c2nc(SC3CCOC3=O)n[nH]2)cc1. The maximum atomic E-state index is 11.4. The van der Waals surface area contributed by atoms with E-state index in [-0.39, 0.29) is 11.2 Å². The summed E-state index contributed by atoms with van der Waals surface area (Å²) < 4.78 is 10.0. The number of aromatic amines is 1. The fourth-order valence-corrected chi connectivity index (χ4v) is 2.76. The van der Waals surface area contributed by atoms with E-state index in [1.807, 2.05) is 24.3 Å². The van der Waals surface area contributed by atoms with E-state index in [0.717, 1.165) is 11.3 Å². The van der Waals surface area contributed by atoms with E-state index in [4.69, 9.17) is 9.47 Å². The lowest BCUT2D eigenvalue weighted by Gasteiger charge is -2.00. The number of carbonyl (C=O) groups excluding carboxylic acids is 1. The van der Waals surface area contributed by atoms with Crippen molar-refractivity contribution in [3.63, 3.8) is 0 Å². The Morgan fingerprint density at radius 2 is 2.20 bits per heavy atom. The highest BCUT2D eigenvalue weighted by Gasteiger charge is 2.28. The number of nitrogens with one attached hydrogen (secondary N) is 1. The molecule has 0 saturated carbocycles. The molecule has 1 fully saturated rings. The molecule has 1 unspecified atom stereocenters. The summed E-state index contributed by atoms with van der Waals surface area (Å²) in [6.07, 6.45) is 0.704. The number of ether oxygens (including phenoxy) is 2. The first-order chi connectivity index (χ1) is 9.76. The summed E-state index contributed by atoms with van der Waals surface area (Å²) in [6.45, 7) is 0.478. The summed E-state index contributed by atoms with van der Waals surface area (Å²) in [5.41, 5.74) is 0.916. The molecule has 0 aliphatic carbocycles. The topological polar surface area (TPSA) is 77.1 Å². The van der Waals surface area contributed by atoms with Crippen LogP contribution in [0.5, 0.6) is 5.75 Å². The van der Waals surface area contributed by atoms with Crippen LogP contribution in [0, 0.1) is 0 Å². The largest absolute Gasteiger partial charge is 0.497 e. The van der Waals surface area contributed by atoms with E-state index in [2.05, 4.69) is 15.2 Å². The van der Waals surface area contributed by atoms with Gasteiger partial charge >= 0.3 is 5.97 Å². The number of benzene rings is 1. The standard InChI is InChI=1S/C13H13N3O3S/c1-18-9-4-2-8(3-5-9)11-14-13(16-15-11)20-10-6-7-19-12(10)17/h2-5,10H,6-7H2,1H3,(H,14,15,16). The van der Waals surface area contributed by atoms with Crippen LogP contribution in [0.3, 0.4) is 0 Å². The van der Waals surface area contributed by atoms with E-state index in [1.165, 1.54) is 11.8 Å². The van der Waals surface area contributed by atoms with Crippen molar-refractivity contribution < 1.29 is 14.3 Å². The van der Waals surface area contributed by atoms with Crippen molar-refractivity contribution in [3.8, 4) is 17.1 Å². The second kappa shape index (κ2) is 5.54. The first-order valence-corrected chi connectivity index (χ1v) is 7.04. The number of carbonyl (C=O) groups is 1. The number of rotatable bonds is 4. The second-order valence-electron chi connectivity index (χ2n) is 4.26. The van der Waals surface area contributed by atoms with Crippen molar-refractivity contribution in [2.24, 2.45) is 0 Å². The van der Waals surface area contributed by atoms with Crippen LogP contribution in [-0.4, -0.2) is 40.1 Å². The average molecular weight is 291 g/mol. The van der Waals surface area contributed by atoms with Gasteiger partial charge in [0.15, 0.2) is 5.82 Å². The van der Waals surface area contributed by atoms with Crippen molar-refractivity contribution in [1.29, 1.82) is 0 Å². The molecule has 0 amide bonds. The lowest BCUT2D eigenvalue weighted by Crippen LogP contribution is -2.09. The minimum absolute atomic E-state index is 0.189. The van der Waals surface area contributed by atoms with Crippen LogP contribution in [0.25, 0.3) is 11.4 Å². The third-order valence-electron chi connectivity index (χ3n) is 2.96. The predicted molar refractivity (Wildman–Crippen MR) is 73.6 cm³/mol. The molecular formula is C13H13N3O3S. The molecule has 0 spiro atoms. The number of hydrogen-bond donors (Lipinski definition) is 1. The Morgan fingerprint density at radius 3 is 2.85 bits per heavy atom.